The lowest BCUT2D eigenvalue weighted by atomic mass is 10.0. The third-order valence-corrected chi connectivity index (χ3v) is 4.32. The zero-order valence-corrected chi connectivity index (χ0v) is 12.8. The van der Waals surface area contributed by atoms with Crippen LogP contribution in [0, 0.1) is 0 Å². The van der Waals surface area contributed by atoms with Gasteiger partial charge < -0.3 is 9.84 Å². The van der Waals surface area contributed by atoms with E-state index in [1.54, 1.807) is 12.3 Å². The highest BCUT2D eigenvalue weighted by molar-refractivity contribution is 8.03. The number of fused-ring (bicyclic) bond motifs is 1. The Balaban J connectivity index is 1.65. The number of carboxylic acids is 1. The van der Waals surface area contributed by atoms with Gasteiger partial charge >= 0.3 is 11.9 Å². The number of ether oxygens (including phenoxy) is 1. The first-order valence-corrected chi connectivity index (χ1v) is 7.59. The average Bonchev–Trinajstić information content (AvgIpc) is 3.08. The van der Waals surface area contributed by atoms with Gasteiger partial charge in [-0.05, 0) is 6.08 Å². The molecule has 9 nitrogen and oxygen atoms in total. The van der Waals surface area contributed by atoms with Gasteiger partial charge in [0.2, 0.25) is 0 Å². The van der Waals surface area contributed by atoms with Crippen molar-refractivity contribution in [3.8, 4) is 0 Å². The number of carbonyl (C=O) groups is 3. The second-order valence-corrected chi connectivity index (χ2v) is 5.77. The predicted molar refractivity (Wildman–Crippen MR) is 78.6 cm³/mol. The summed E-state index contributed by atoms with van der Waals surface area (Å²) in [5.74, 6) is -1.83. The molecule has 0 radical (unpaired) electrons. The summed E-state index contributed by atoms with van der Waals surface area (Å²) >= 11 is 1.27. The Bertz CT molecular complexity index is 753. The van der Waals surface area contributed by atoms with Crippen LogP contribution in [-0.2, 0) is 25.7 Å². The average molecular weight is 336 g/mol. The van der Waals surface area contributed by atoms with Crippen molar-refractivity contribution in [3.63, 3.8) is 0 Å². The summed E-state index contributed by atoms with van der Waals surface area (Å²) in [5, 5.41) is 17.9. The fourth-order valence-corrected chi connectivity index (χ4v) is 3.32. The molecule has 1 N–H and O–H groups in total. The molecular weight excluding hydrogens is 324 g/mol. The maximum atomic E-state index is 12.0. The van der Waals surface area contributed by atoms with Gasteiger partial charge in [0.1, 0.15) is 23.4 Å². The van der Waals surface area contributed by atoms with Crippen molar-refractivity contribution in [1.82, 2.24) is 19.9 Å². The van der Waals surface area contributed by atoms with Crippen molar-refractivity contribution in [1.29, 1.82) is 0 Å². The number of carbonyl (C=O) groups excluding carboxylic acids is 2. The largest absolute Gasteiger partial charge is 0.477 e. The van der Waals surface area contributed by atoms with Gasteiger partial charge in [0.05, 0.1) is 18.3 Å². The third kappa shape index (κ3) is 2.84. The number of hydrogen-bond acceptors (Lipinski definition) is 7. The molecule has 1 atom stereocenters. The lowest BCUT2D eigenvalue weighted by Gasteiger charge is -2.36. The van der Waals surface area contributed by atoms with Crippen LogP contribution in [0.5, 0.6) is 0 Å². The molecule has 2 aliphatic rings. The number of nitrogens with zero attached hydrogens (tertiary/aromatic N) is 4. The van der Waals surface area contributed by atoms with Crippen LogP contribution in [-0.4, -0.2) is 54.8 Å². The molecule has 0 aliphatic carbocycles. The fraction of sp³-hybridized carbons (Fsp3) is 0.308. The lowest BCUT2D eigenvalue weighted by molar-refractivity contribution is -0.141. The summed E-state index contributed by atoms with van der Waals surface area (Å²) in [6, 6.07) is 0. The van der Waals surface area contributed by atoms with Crippen molar-refractivity contribution >= 4 is 35.7 Å². The number of β-lactam (4-membered cyclic amide) rings is 1. The van der Waals surface area contributed by atoms with Crippen LogP contribution in [0.1, 0.15) is 12.6 Å². The summed E-state index contributed by atoms with van der Waals surface area (Å²) in [4.78, 5) is 35.0. The molecule has 0 bridgehead atoms. The summed E-state index contributed by atoms with van der Waals surface area (Å²) in [6.07, 6.45) is 3.21. The molecule has 1 amide bonds. The molecule has 2 aliphatic heterocycles. The standard InChI is InChI=1S/C13H12N4O5S/c1-7(18)22-3-2-16-5-8(14-15-16)4-9-11(19)17-10(13(20)21)6-23-12(9)17/h4-6,12H,2-3H2,1H3,(H,20,21)/b9-4-/t12-/m1/s1. The molecule has 1 aromatic rings. The second kappa shape index (κ2) is 5.88. The van der Waals surface area contributed by atoms with Crippen LogP contribution in [0.25, 0.3) is 6.08 Å². The van der Waals surface area contributed by atoms with Gasteiger partial charge in [0, 0.05) is 12.3 Å². The lowest BCUT2D eigenvalue weighted by Crippen LogP contribution is -2.51. The monoisotopic (exact) mass is 336 g/mol. The molecule has 23 heavy (non-hydrogen) atoms. The molecular formula is C13H12N4O5S. The molecule has 0 unspecified atom stereocenters. The second-order valence-electron chi connectivity index (χ2n) is 4.82. The molecule has 0 aromatic carbocycles. The van der Waals surface area contributed by atoms with Gasteiger partial charge in [-0.3, -0.25) is 14.5 Å². The molecule has 3 rings (SSSR count). The van der Waals surface area contributed by atoms with Crippen molar-refractivity contribution in [2.24, 2.45) is 0 Å². The highest BCUT2D eigenvalue weighted by atomic mass is 32.2. The van der Waals surface area contributed by atoms with Gasteiger partial charge in [-0.25, -0.2) is 9.48 Å². The first kappa shape index (κ1) is 15.3. The minimum atomic E-state index is -1.12. The first-order chi connectivity index (χ1) is 11.0. The highest BCUT2D eigenvalue weighted by Gasteiger charge is 2.49. The van der Waals surface area contributed by atoms with Gasteiger partial charge in [0.15, 0.2) is 0 Å². The van der Waals surface area contributed by atoms with E-state index in [0.717, 1.165) is 0 Å². The number of amides is 1. The predicted octanol–water partition coefficient (Wildman–Crippen LogP) is 0.0657. The number of esters is 1. The quantitative estimate of drug-likeness (QED) is 0.456. The molecule has 1 saturated heterocycles. The topological polar surface area (TPSA) is 115 Å². The van der Waals surface area contributed by atoms with Crippen molar-refractivity contribution in [2.45, 2.75) is 18.8 Å². The van der Waals surface area contributed by atoms with E-state index in [4.69, 9.17) is 9.84 Å². The normalized spacial score (nSPS) is 21.0. The number of carboxylic acid groups (broad SMARTS) is 1. The van der Waals surface area contributed by atoms with E-state index in [-0.39, 0.29) is 29.6 Å². The van der Waals surface area contributed by atoms with E-state index in [0.29, 0.717) is 17.8 Å². The van der Waals surface area contributed by atoms with E-state index in [2.05, 4.69) is 10.3 Å². The molecule has 0 saturated carbocycles. The van der Waals surface area contributed by atoms with E-state index in [1.165, 1.54) is 33.7 Å². The number of hydrogen-bond donors (Lipinski definition) is 1. The van der Waals surface area contributed by atoms with Crippen LogP contribution in [0.2, 0.25) is 0 Å². The minimum Gasteiger partial charge on any atom is -0.477 e. The van der Waals surface area contributed by atoms with E-state index < -0.39 is 5.97 Å². The maximum Gasteiger partial charge on any atom is 0.353 e. The molecule has 1 fully saturated rings. The van der Waals surface area contributed by atoms with Crippen LogP contribution < -0.4 is 0 Å². The smallest absolute Gasteiger partial charge is 0.353 e. The zero-order valence-electron chi connectivity index (χ0n) is 12.0. The number of rotatable bonds is 5. The molecule has 10 heteroatoms. The summed E-state index contributed by atoms with van der Waals surface area (Å²) < 4.78 is 6.31. The van der Waals surface area contributed by atoms with Gasteiger partial charge in [-0.1, -0.05) is 5.21 Å². The first-order valence-electron chi connectivity index (χ1n) is 6.65. The Hall–Kier alpha value is -2.62. The summed E-state index contributed by atoms with van der Waals surface area (Å²) in [6.45, 7) is 1.87. The summed E-state index contributed by atoms with van der Waals surface area (Å²) in [7, 11) is 0. The number of aliphatic carboxylic acids is 1. The van der Waals surface area contributed by atoms with Gasteiger partial charge in [0.25, 0.3) is 5.91 Å². The molecule has 3 heterocycles. The maximum absolute atomic E-state index is 12.0. The van der Waals surface area contributed by atoms with Crippen LogP contribution in [0.3, 0.4) is 0 Å². The van der Waals surface area contributed by atoms with Crippen molar-refractivity contribution in [2.75, 3.05) is 6.61 Å². The molecule has 1 aromatic heterocycles. The van der Waals surface area contributed by atoms with Crippen molar-refractivity contribution in [3.05, 3.63) is 28.6 Å². The fourth-order valence-electron chi connectivity index (χ4n) is 2.20. The third-order valence-electron chi connectivity index (χ3n) is 3.24. The van der Waals surface area contributed by atoms with E-state index in [9.17, 15) is 14.4 Å². The Morgan fingerprint density at radius 2 is 2.30 bits per heavy atom. The van der Waals surface area contributed by atoms with Gasteiger partial charge in [-0.2, -0.15) is 0 Å². The molecule has 0 spiro atoms. The number of thioether (sulfide) groups is 1. The Labute approximate surface area is 134 Å². The minimum absolute atomic E-state index is 0.00724. The zero-order chi connectivity index (χ0) is 16.6. The SMILES string of the molecule is CC(=O)OCCn1cc(/C=C2/C(=O)N3C(C(=O)O)=CS[C@H]23)nn1. The van der Waals surface area contributed by atoms with Crippen LogP contribution in [0.15, 0.2) is 22.9 Å². The highest BCUT2D eigenvalue weighted by Crippen LogP contribution is 2.44. The van der Waals surface area contributed by atoms with Gasteiger partial charge in [-0.15, -0.1) is 16.9 Å². The van der Waals surface area contributed by atoms with Crippen LogP contribution >= 0.6 is 11.8 Å². The van der Waals surface area contributed by atoms with E-state index in [1.807, 2.05) is 0 Å². The van der Waals surface area contributed by atoms with E-state index >= 15 is 0 Å². The Kier molecular flexibility index (Phi) is 3.90. The number of aromatic nitrogens is 3. The van der Waals surface area contributed by atoms with Crippen molar-refractivity contribution < 1.29 is 24.2 Å². The Morgan fingerprint density at radius 1 is 1.52 bits per heavy atom. The van der Waals surface area contributed by atoms with Crippen LogP contribution in [0.4, 0.5) is 0 Å². The molecule has 120 valence electrons. The summed E-state index contributed by atoms with van der Waals surface area (Å²) in [5.41, 5.74) is 0.960. The Morgan fingerprint density at radius 3 is 3.00 bits per heavy atom.